The largest absolute Gasteiger partial charge is 0.697 e. The number of aliphatic hydroxyl groups is 2. The van der Waals surface area contributed by atoms with Crippen LogP contribution in [0, 0.1) is 0 Å². The molecular formula is C19H37NO10P+. The van der Waals surface area contributed by atoms with E-state index in [1.165, 1.54) is 6.92 Å². The first-order valence-electron chi connectivity index (χ1n) is 10.3. The van der Waals surface area contributed by atoms with Crippen molar-refractivity contribution in [2.45, 2.75) is 83.9 Å². The second-order valence-electron chi connectivity index (χ2n) is 8.37. The molecule has 1 saturated heterocycles. The second-order valence-corrected chi connectivity index (χ2v) is 9.28. The van der Waals surface area contributed by atoms with E-state index in [4.69, 9.17) is 28.0 Å². The van der Waals surface area contributed by atoms with Gasteiger partial charge in [0.25, 0.3) is 0 Å². The molecule has 0 saturated carbocycles. The number of carbonyl (C=O) groups excluding carboxylic acids is 1. The van der Waals surface area contributed by atoms with Crippen LogP contribution in [-0.4, -0.2) is 91.5 Å². The molecule has 0 aromatic heterocycles. The molecule has 6 atom stereocenters. The fourth-order valence-electron chi connectivity index (χ4n) is 2.68. The Balaban J connectivity index is 2.55. The van der Waals surface area contributed by atoms with Crippen molar-refractivity contribution < 1.29 is 47.6 Å². The molecule has 31 heavy (non-hydrogen) atoms. The second kappa shape index (κ2) is 13.7. The Labute approximate surface area is 184 Å². The first-order valence-corrected chi connectivity index (χ1v) is 11.4. The van der Waals surface area contributed by atoms with E-state index in [9.17, 15) is 19.6 Å². The number of carbonyl (C=O) groups is 1. The van der Waals surface area contributed by atoms with Gasteiger partial charge in [-0.25, -0.2) is 0 Å². The van der Waals surface area contributed by atoms with Gasteiger partial charge in [-0.3, -0.25) is 4.79 Å². The van der Waals surface area contributed by atoms with Crippen LogP contribution < -0.4 is 5.32 Å². The quantitative estimate of drug-likeness (QED) is 0.262. The summed E-state index contributed by atoms with van der Waals surface area (Å²) in [5, 5.41) is 23.4. The lowest BCUT2D eigenvalue weighted by atomic mass is 9.97. The van der Waals surface area contributed by atoms with E-state index >= 15 is 0 Å². The standard InChI is InChI=1S/C19H36NO10P/c1-12(2)30-31(24)28-10-7-25-11-14-16(22)17(23)15(20-13(3)21)18(29-14)26-8-9-27-19(4,5)6/h12,14-18,22-23H,7-11H2,1-6H3/p+1. The number of rotatable bonds is 13. The van der Waals surface area contributed by atoms with Crippen LogP contribution in [0.15, 0.2) is 0 Å². The molecule has 1 aliphatic heterocycles. The monoisotopic (exact) mass is 470 g/mol. The average Bonchev–Trinajstić information content (AvgIpc) is 2.63. The summed E-state index contributed by atoms with van der Waals surface area (Å²) in [6.07, 6.45) is -4.78. The van der Waals surface area contributed by atoms with Gasteiger partial charge in [-0.1, -0.05) is 0 Å². The Kier molecular flexibility index (Phi) is 12.5. The maximum absolute atomic E-state index is 11.5. The first kappa shape index (κ1) is 28.3. The number of amides is 1. The zero-order valence-electron chi connectivity index (χ0n) is 19.1. The van der Waals surface area contributed by atoms with E-state index in [1.54, 1.807) is 13.8 Å². The van der Waals surface area contributed by atoms with Crippen molar-refractivity contribution in [2.24, 2.45) is 0 Å². The summed E-state index contributed by atoms with van der Waals surface area (Å²) in [5.41, 5.74) is -0.341. The Morgan fingerprint density at radius 1 is 1.13 bits per heavy atom. The zero-order chi connectivity index (χ0) is 23.6. The van der Waals surface area contributed by atoms with Gasteiger partial charge in [-0.05, 0) is 34.6 Å². The van der Waals surface area contributed by atoms with Crippen LogP contribution in [0.3, 0.4) is 0 Å². The molecule has 0 radical (unpaired) electrons. The van der Waals surface area contributed by atoms with Crippen LogP contribution in [0.25, 0.3) is 0 Å². The van der Waals surface area contributed by atoms with Crippen LogP contribution in [0.4, 0.5) is 0 Å². The minimum atomic E-state index is -2.23. The van der Waals surface area contributed by atoms with Gasteiger partial charge < -0.3 is 34.5 Å². The molecule has 0 spiro atoms. The van der Waals surface area contributed by atoms with Crippen molar-refractivity contribution in [3.8, 4) is 0 Å². The third kappa shape index (κ3) is 11.6. The fraction of sp³-hybridized carbons (Fsp3) is 0.947. The summed E-state index contributed by atoms with van der Waals surface area (Å²) in [7, 11) is -2.23. The van der Waals surface area contributed by atoms with E-state index in [0.29, 0.717) is 0 Å². The highest BCUT2D eigenvalue weighted by molar-refractivity contribution is 7.33. The van der Waals surface area contributed by atoms with E-state index in [0.717, 1.165) is 0 Å². The summed E-state index contributed by atoms with van der Waals surface area (Å²) in [4.78, 5) is 11.5. The third-order valence-electron chi connectivity index (χ3n) is 3.97. The highest BCUT2D eigenvalue weighted by atomic mass is 31.1. The van der Waals surface area contributed by atoms with Crippen LogP contribution in [0.2, 0.25) is 0 Å². The average molecular weight is 470 g/mol. The summed E-state index contributed by atoms with van der Waals surface area (Å²) >= 11 is 0. The Morgan fingerprint density at radius 2 is 1.81 bits per heavy atom. The lowest BCUT2D eigenvalue weighted by molar-refractivity contribution is -0.275. The molecule has 6 unspecified atom stereocenters. The van der Waals surface area contributed by atoms with Gasteiger partial charge in [0, 0.05) is 11.5 Å². The fourth-order valence-corrected chi connectivity index (χ4v) is 3.31. The summed E-state index contributed by atoms with van der Waals surface area (Å²) in [6, 6.07) is -0.959. The molecule has 1 amide bonds. The number of hydrogen-bond acceptors (Lipinski definition) is 10. The van der Waals surface area contributed by atoms with Crippen LogP contribution in [0.1, 0.15) is 41.5 Å². The molecule has 0 aromatic carbocycles. The minimum absolute atomic E-state index is 0.0197. The van der Waals surface area contributed by atoms with E-state index in [2.05, 4.69) is 5.32 Å². The topological polar surface area (TPSA) is 142 Å². The van der Waals surface area contributed by atoms with Crippen LogP contribution in [-0.2, 0) is 37.4 Å². The van der Waals surface area contributed by atoms with Gasteiger partial charge in [0.15, 0.2) is 6.29 Å². The SMILES string of the molecule is CC(=O)NC1C(OCCOC(C)(C)C)OC(COCCO[P+](=O)OC(C)C)C(O)C1O. The molecule has 1 heterocycles. The highest BCUT2D eigenvalue weighted by Gasteiger charge is 2.45. The molecule has 1 rings (SSSR count). The number of ether oxygens (including phenoxy) is 4. The van der Waals surface area contributed by atoms with Gasteiger partial charge >= 0.3 is 8.25 Å². The predicted molar refractivity (Wildman–Crippen MR) is 111 cm³/mol. The maximum Gasteiger partial charge on any atom is 0.697 e. The normalized spacial score (nSPS) is 27.4. The van der Waals surface area contributed by atoms with E-state index < -0.39 is 44.8 Å². The van der Waals surface area contributed by atoms with E-state index in [-0.39, 0.29) is 44.7 Å². The maximum atomic E-state index is 11.5. The number of hydrogen-bond donors (Lipinski definition) is 3. The van der Waals surface area contributed by atoms with Gasteiger partial charge in [0.1, 0.15) is 37.1 Å². The minimum Gasteiger partial charge on any atom is -0.388 e. The van der Waals surface area contributed by atoms with Crippen LogP contribution >= 0.6 is 8.25 Å². The summed E-state index contributed by atoms with van der Waals surface area (Å²) in [5.74, 6) is -0.399. The smallest absolute Gasteiger partial charge is 0.388 e. The third-order valence-corrected chi connectivity index (χ3v) is 4.96. The zero-order valence-corrected chi connectivity index (χ0v) is 20.0. The summed E-state index contributed by atoms with van der Waals surface area (Å²) in [6.45, 7) is 11.0. The van der Waals surface area contributed by atoms with Crippen LogP contribution in [0.5, 0.6) is 0 Å². The number of aliphatic hydroxyl groups excluding tert-OH is 2. The predicted octanol–water partition coefficient (Wildman–Crippen LogP) is 0.885. The number of nitrogens with one attached hydrogen (secondary N) is 1. The van der Waals surface area contributed by atoms with Crippen molar-refractivity contribution in [3.05, 3.63) is 0 Å². The molecule has 0 aromatic rings. The Morgan fingerprint density at radius 3 is 2.39 bits per heavy atom. The van der Waals surface area contributed by atoms with Gasteiger partial charge in [-0.15, -0.1) is 9.05 Å². The van der Waals surface area contributed by atoms with Crippen molar-refractivity contribution in [3.63, 3.8) is 0 Å². The van der Waals surface area contributed by atoms with Gasteiger partial charge in [0.05, 0.1) is 32.0 Å². The molecule has 12 heteroatoms. The summed E-state index contributed by atoms with van der Waals surface area (Å²) < 4.78 is 43.8. The molecule has 182 valence electrons. The Bertz CT molecular complexity index is 556. The van der Waals surface area contributed by atoms with E-state index in [1.807, 2.05) is 20.8 Å². The molecule has 3 N–H and O–H groups in total. The molecule has 0 bridgehead atoms. The van der Waals surface area contributed by atoms with Gasteiger partial charge in [-0.2, -0.15) is 0 Å². The first-order chi connectivity index (χ1) is 14.4. The Hall–Kier alpha value is -0.750. The lowest BCUT2D eigenvalue weighted by Gasteiger charge is -2.42. The van der Waals surface area contributed by atoms with Crippen molar-refractivity contribution in [2.75, 3.05) is 33.0 Å². The highest BCUT2D eigenvalue weighted by Crippen LogP contribution is 2.26. The molecule has 0 aliphatic carbocycles. The molecular weight excluding hydrogens is 433 g/mol. The molecule has 1 aliphatic rings. The lowest BCUT2D eigenvalue weighted by Crippen LogP contribution is -2.64. The molecule has 11 nitrogen and oxygen atoms in total. The van der Waals surface area contributed by atoms with Gasteiger partial charge in [0.2, 0.25) is 5.91 Å². The van der Waals surface area contributed by atoms with Crippen molar-refractivity contribution in [1.82, 2.24) is 5.32 Å². The van der Waals surface area contributed by atoms with Crippen molar-refractivity contribution in [1.29, 1.82) is 0 Å². The van der Waals surface area contributed by atoms with Crippen molar-refractivity contribution >= 4 is 14.2 Å². The molecule has 1 fully saturated rings.